The summed E-state index contributed by atoms with van der Waals surface area (Å²) in [6.45, 7) is 3.18. The Bertz CT molecular complexity index is 689. The molecule has 24 heavy (non-hydrogen) atoms. The lowest BCUT2D eigenvalue weighted by Gasteiger charge is -2.33. The van der Waals surface area contributed by atoms with E-state index in [1.165, 1.54) is 12.1 Å². The van der Waals surface area contributed by atoms with Crippen molar-refractivity contribution in [2.75, 3.05) is 13.1 Å². The van der Waals surface area contributed by atoms with Crippen LogP contribution in [-0.4, -0.2) is 44.9 Å². The van der Waals surface area contributed by atoms with Gasteiger partial charge in [-0.3, -0.25) is 4.79 Å². The van der Waals surface area contributed by atoms with E-state index in [0.717, 1.165) is 18.5 Å². The van der Waals surface area contributed by atoms with Crippen LogP contribution in [0.4, 0.5) is 4.39 Å². The van der Waals surface area contributed by atoms with Gasteiger partial charge < -0.3 is 10.0 Å². The Balaban J connectivity index is 1.59. The number of aliphatic hydroxyl groups excluding tert-OH is 1. The average Bonchev–Trinajstić information content (AvgIpc) is 3.04. The minimum absolute atomic E-state index is 0.0587. The van der Waals surface area contributed by atoms with Gasteiger partial charge >= 0.3 is 0 Å². The maximum Gasteiger partial charge on any atom is 0.228 e. The minimum Gasteiger partial charge on any atom is -0.393 e. The van der Waals surface area contributed by atoms with E-state index in [1.807, 2.05) is 17.9 Å². The van der Waals surface area contributed by atoms with E-state index in [2.05, 4.69) is 5.10 Å². The van der Waals surface area contributed by atoms with Crippen molar-refractivity contribution in [2.24, 2.45) is 5.92 Å². The van der Waals surface area contributed by atoms with Gasteiger partial charge in [-0.15, -0.1) is 0 Å². The standard InChI is InChI=1S/C18H22FN3O2/c1-13(23)14-6-9-21(10-7-14)18(24)12-16-8-11-22(20-16)17-4-2-15(19)3-5-17/h2-5,8,11,13-14,23H,6-7,9-10,12H2,1H3. The SMILES string of the molecule is CC(O)C1CCN(C(=O)Cc2ccn(-c3ccc(F)cc3)n2)CC1. The fourth-order valence-corrected chi connectivity index (χ4v) is 3.09. The first-order valence-corrected chi connectivity index (χ1v) is 8.29. The van der Waals surface area contributed by atoms with E-state index >= 15 is 0 Å². The Morgan fingerprint density at radius 1 is 1.29 bits per heavy atom. The summed E-state index contributed by atoms with van der Waals surface area (Å²) < 4.78 is 14.6. The maximum atomic E-state index is 13.0. The van der Waals surface area contributed by atoms with Gasteiger partial charge in [0.2, 0.25) is 5.91 Å². The molecule has 1 aromatic carbocycles. The number of carbonyl (C=O) groups is 1. The fraction of sp³-hybridized carbons (Fsp3) is 0.444. The van der Waals surface area contributed by atoms with E-state index in [9.17, 15) is 14.3 Å². The zero-order valence-corrected chi connectivity index (χ0v) is 13.7. The molecule has 1 unspecified atom stereocenters. The average molecular weight is 331 g/mol. The van der Waals surface area contributed by atoms with Gasteiger partial charge in [0.1, 0.15) is 5.82 Å². The highest BCUT2D eigenvalue weighted by molar-refractivity contribution is 5.78. The van der Waals surface area contributed by atoms with Gasteiger partial charge in [0, 0.05) is 19.3 Å². The summed E-state index contributed by atoms with van der Waals surface area (Å²) in [4.78, 5) is 14.2. The molecule has 0 saturated carbocycles. The predicted molar refractivity (Wildman–Crippen MR) is 88.2 cm³/mol. The Labute approximate surface area is 140 Å². The third-order valence-corrected chi connectivity index (χ3v) is 4.64. The molecule has 1 aliphatic heterocycles. The molecule has 0 spiro atoms. The van der Waals surface area contributed by atoms with Crippen LogP contribution in [0.5, 0.6) is 0 Å². The lowest BCUT2D eigenvalue weighted by atomic mass is 9.92. The number of likely N-dealkylation sites (tertiary alicyclic amines) is 1. The molecule has 1 saturated heterocycles. The molecule has 5 nitrogen and oxygen atoms in total. The number of halogens is 1. The van der Waals surface area contributed by atoms with Crippen molar-refractivity contribution in [1.29, 1.82) is 0 Å². The van der Waals surface area contributed by atoms with Crippen molar-refractivity contribution in [3.05, 3.63) is 48.0 Å². The Morgan fingerprint density at radius 2 is 1.96 bits per heavy atom. The molecule has 1 aliphatic rings. The number of hydrogen-bond acceptors (Lipinski definition) is 3. The highest BCUT2D eigenvalue weighted by Gasteiger charge is 2.25. The topological polar surface area (TPSA) is 58.4 Å². The fourth-order valence-electron chi connectivity index (χ4n) is 3.09. The smallest absolute Gasteiger partial charge is 0.228 e. The first-order valence-electron chi connectivity index (χ1n) is 8.29. The molecular weight excluding hydrogens is 309 g/mol. The Hall–Kier alpha value is -2.21. The van der Waals surface area contributed by atoms with Crippen molar-refractivity contribution < 1.29 is 14.3 Å². The van der Waals surface area contributed by atoms with E-state index < -0.39 is 0 Å². The highest BCUT2D eigenvalue weighted by atomic mass is 19.1. The zero-order chi connectivity index (χ0) is 17.1. The monoisotopic (exact) mass is 331 g/mol. The van der Waals surface area contributed by atoms with E-state index in [-0.39, 0.29) is 30.2 Å². The quantitative estimate of drug-likeness (QED) is 0.934. The molecule has 1 aromatic heterocycles. The van der Waals surface area contributed by atoms with Crippen molar-refractivity contribution in [3.63, 3.8) is 0 Å². The number of aromatic nitrogens is 2. The number of piperidine rings is 1. The number of carbonyl (C=O) groups excluding carboxylic acids is 1. The molecule has 1 atom stereocenters. The van der Waals surface area contributed by atoms with Crippen molar-refractivity contribution >= 4 is 5.91 Å². The van der Waals surface area contributed by atoms with Crippen LogP contribution >= 0.6 is 0 Å². The van der Waals surface area contributed by atoms with E-state index in [4.69, 9.17) is 0 Å². The maximum absolute atomic E-state index is 13.0. The molecule has 2 heterocycles. The molecule has 128 valence electrons. The van der Waals surface area contributed by atoms with Crippen LogP contribution in [-0.2, 0) is 11.2 Å². The summed E-state index contributed by atoms with van der Waals surface area (Å²) >= 11 is 0. The third-order valence-electron chi connectivity index (χ3n) is 4.64. The van der Waals surface area contributed by atoms with Crippen LogP contribution in [0.15, 0.2) is 36.5 Å². The van der Waals surface area contributed by atoms with Crippen LogP contribution in [0.1, 0.15) is 25.5 Å². The summed E-state index contributed by atoms with van der Waals surface area (Å²) in [5.74, 6) is 0.0528. The summed E-state index contributed by atoms with van der Waals surface area (Å²) in [5, 5.41) is 14.0. The van der Waals surface area contributed by atoms with Crippen molar-refractivity contribution in [3.8, 4) is 5.69 Å². The molecule has 0 radical (unpaired) electrons. The first-order chi connectivity index (χ1) is 11.5. The third kappa shape index (κ3) is 3.82. The Kier molecular flexibility index (Phi) is 4.94. The molecule has 1 fully saturated rings. The summed E-state index contributed by atoms with van der Waals surface area (Å²) in [6.07, 6.45) is 3.40. The van der Waals surface area contributed by atoms with Crippen LogP contribution in [0.3, 0.4) is 0 Å². The Morgan fingerprint density at radius 3 is 2.58 bits per heavy atom. The minimum atomic E-state index is -0.311. The molecule has 1 N–H and O–H groups in total. The second kappa shape index (κ2) is 7.13. The molecule has 1 amide bonds. The largest absolute Gasteiger partial charge is 0.393 e. The summed E-state index contributed by atoms with van der Waals surface area (Å²) in [5.41, 5.74) is 1.45. The lowest BCUT2D eigenvalue weighted by Crippen LogP contribution is -2.41. The highest BCUT2D eigenvalue weighted by Crippen LogP contribution is 2.21. The van der Waals surface area contributed by atoms with Crippen LogP contribution in [0.25, 0.3) is 5.69 Å². The molecule has 3 rings (SSSR count). The number of rotatable bonds is 4. The van der Waals surface area contributed by atoms with Crippen LogP contribution in [0, 0.1) is 11.7 Å². The van der Waals surface area contributed by atoms with Gasteiger partial charge in [0.15, 0.2) is 0 Å². The van der Waals surface area contributed by atoms with Crippen LogP contribution < -0.4 is 0 Å². The number of benzene rings is 1. The molecule has 6 heteroatoms. The lowest BCUT2D eigenvalue weighted by molar-refractivity contribution is -0.132. The number of aliphatic hydroxyl groups is 1. The molecule has 0 aliphatic carbocycles. The number of amides is 1. The van der Waals surface area contributed by atoms with Gasteiger partial charge in [-0.1, -0.05) is 0 Å². The first kappa shape index (κ1) is 16.6. The van der Waals surface area contributed by atoms with Crippen LogP contribution in [0.2, 0.25) is 0 Å². The van der Waals surface area contributed by atoms with Gasteiger partial charge in [0.25, 0.3) is 0 Å². The zero-order valence-electron chi connectivity index (χ0n) is 13.7. The molecule has 0 bridgehead atoms. The summed E-state index contributed by atoms with van der Waals surface area (Å²) in [6, 6.07) is 7.87. The van der Waals surface area contributed by atoms with Crippen molar-refractivity contribution in [1.82, 2.24) is 14.7 Å². The van der Waals surface area contributed by atoms with Crippen molar-refractivity contribution in [2.45, 2.75) is 32.3 Å². The van der Waals surface area contributed by atoms with Gasteiger partial charge in [-0.25, -0.2) is 9.07 Å². The van der Waals surface area contributed by atoms with E-state index in [1.54, 1.807) is 23.0 Å². The molecular formula is C18H22FN3O2. The second-order valence-electron chi connectivity index (χ2n) is 6.36. The van der Waals surface area contributed by atoms with E-state index in [0.29, 0.717) is 18.8 Å². The molecule has 2 aromatic rings. The number of hydrogen-bond donors (Lipinski definition) is 1. The van der Waals surface area contributed by atoms with Gasteiger partial charge in [-0.2, -0.15) is 5.10 Å². The number of nitrogens with zero attached hydrogens (tertiary/aromatic N) is 3. The second-order valence-corrected chi connectivity index (χ2v) is 6.36. The van der Waals surface area contributed by atoms with Gasteiger partial charge in [0.05, 0.1) is 23.9 Å². The summed E-state index contributed by atoms with van der Waals surface area (Å²) in [7, 11) is 0. The van der Waals surface area contributed by atoms with Gasteiger partial charge in [-0.05, 0) is 56.0 Å². The predicted octanol–water partition coefficient (Wildman–Crippen LogP) is 2.17. The normalized spacial score (nSPS) is 17.0.